The molecule has 16 heavy (non-hydrogen) atoms. The number of hydrogen-bond donors (Lipinski definition) is 1. The van der Waals surface area contributed by atoms with Crippen molar-refractivity contribution in [1.29, 1.82) is 0 Å². The van der Waals surface area contributed by atoms with Crippen LogP contribution < -0.4 is 0 Å². The predicted molar refractivity (Wildman–Crippen MR) is 57.0 cm³/mol. The van der Waals surface area contributed by atoms with Crippen molar-refractivity contribution in [1.82, 2.24) is 0 Å². The van der Waals surface area contributed by atoms with E-state index in [-0.39, 0.29) is 17.7 Å². The Balaban J connectivity index is 3.07. The lowest BCUT2D eigenvalue weighted by atomic mass is 10.1. The van der Waals surface area contributed by atoms with Crippen LogP contribution in [0.15, 0.2) is 18.2 Å². The van der Waals surface area contributed by atoms with Crippen LogP contribution in [0.2, 0.25) is 0 Å². The molecule has 1 aromatic rings. The zero-order valence-corrected chi connectivity index (χ0v) is 8.56. The van der Waals surface area contributed by atoms with Crippen LogP contribution in [0.4, 0.5) is 5.69 Å². The van der Waals surface area contributed by atoms with Gasteiger partial charge in [0.2, 0.25) is 0 Å². The molecular weight excluding hydrogens is 210 g/mol. The second-order valence-electron chi connectivity index (χ2n) is 3.15. The summed E-state index contributed by atoms with van der Waals surface area (Å²) in [5.74, 6) is 3.79. The quantitative estimate of drug-likeness (QED) is 0.466. The SMILES string of the molecule is Cc1ccc(C#CCC(=O)O)c([N+](=O)[O-])c1. The van der Waals surface area contributed by atoms with E-state index in [0.29, 0.717) is 0 Å². The second-order valence-corrected chi connectivity index (χ2v) is 3.15. The second kappa shape index (κ2) is 4.94. The minimum atomic E-state index is -1.05. The fourth-order valence-electron chi connectivity index (χ4n) is 1.11. The molecule has 0 amide bonds. The third-order valence-corrected chi connectivity index (χ3v) is 1.81. The molecule has 5 heteroatoms. The molecule has 82 valence electrons. The highest BCUT2D eigenvalue weighted by atomic mass is 16.6. The number of nitro benzene ring substituents is 1. The smallest absolute Gasteiger partial charge is 0.315 e. The normalized spacial score (nSPS) is 9.06. The Kier molecular flexibility index (Phi) is 3.62. The Hall–Kier alpha value is -2.35. The number of carboxylic acids is 1. The van der Waals surface area contributed by atoms with E-state index in [2.05, 4.69) is 11.8 Å². The number of carboxylic acid groups (broad SMARTS) is 1. The fraction of sp³-hybridized carbons (Fsp3) is 0.182. The lowest BCUT2D eigenvalue weighted by Crippen LogP contribution is -1.94. The largest absolute Gasteiger partial charge is 0.481 e. The van der Waals surface area contributed by atoms with Crippen molar-refractivity contribution in [3.05, 3.63) is 39.4 Å². The lowest BCUT2D eigenvalue weighted by molar-refractivity contribution is -0.385. The Morgan fingerprint density at radius 3 is 2.81 bits per heavy atom. The molecule has 0 radical (unpaired) electrons. The van der Waals surface area contributed by atoms with Crippen LogP contribution in [0, 0.1) is 28.9 Å². The van der Waals surface area contributed by atoms with Crippen molar-refractivity contribution in [2.75, 3.05) is 0 Å². The van der Waals surface area contributed by atoms with Gasteiger partial charge in [-0.05, 0) is 18.6 Å². The highest BCUT2D eigenvalue weighted by Gasteiger charge is 2.11. The Morgan fingerprint density at radius 2 is 2.25 bits per heavy atom. The number of carbonyl (C=O) groups is 1. The number of rotatable bonds is 2. The average molecular weight is 219 g/mol. The van der Waals surface area contributed by atoms with E-state index in [1.54, 1.807) is 13.0 Å². The van der Waals surface area contributed by atoms with Gasteiger partial charge in [0.1, 0.15) is 12.0 Å². The summed E-state index contributed by atoms with van der Waals surface area (Å²) in [4.78, 5) is 20.4. The maximum absolute atomic E-state index is 10.7. The monoisotopic (exact) mass is 219 g/mol. The molecule has 0 atom stereocenters. The molecule has 0 unspecified atom stereocenters. The van der Waals surface area contributed by atoms with E-state index < -0.39 is 10.9 Å². The highest BCUT2D eigenvalue weighted by molar-refractivity contribution is 5.70. The van der Waals surface area contributed by atoms with Crippen molar-refractivity contribution in [2.24, 2.45) is 0 Å². The van der Waals surface area contributed by atoms with Gasteiger partial charge in [0.25, 0.3) is 5.69 Å². The van der Waals surface area contributed by atoms with E-state index in [1.807, 2.05) is 0 Å². The Labute approximate surface area is 91.9 Å². The van der Waals surface area contributed by atoms with Crippen LogP contribution in [0.5, 0.6) is 0 Å². The summed E-state index contributed by atoms with van der Waals surface area (Å²) in [6.07, 6.45) is -0.328. The molecule has 0 spiro atoms. The van der Waals surface area contributed by atoms with Gasteiger partial charge >= 0.3 is 5.97 Å². The van der Waals surface area contributed by atoms with Crippen LogP contribution >= 0.6 is 0 Å². The predicted octanol–water partition coefficient (Wildman–Crippen LogP) is 1.73. The molecular formula is C11H9NO4. The first-order valence-electron chi connectivity index (χ1n) is 4.46. The summed E-state index contributed by atoms with van der Waals surface area (Å²) in [7, 11) is 0. The molecule has 0 aliphatic rings. The molecule has 0 aromatic heterocycles. The number of benzene rings is 1. The first-order chi connectivity index (χ1) is 7.50. The van der Waals surface area contributed by atoms with Gasteiger partial charge in [-0.25, -0.2) is 0 Å². The van der Waals surface area contributed by atoms with Gasteiger partial charge in [-0.15, -0.1) is 0 Å². The van der Waals surface area contributed by atoms with E-state index in [4.69, 9.17) is 5.11 Å². The maximum atomic E-state index is 10.7. The van der Waals surface area contributed by atoms with E-state index >= 15 is 0 Å². The topological polar surface area (TPSA) is 80.4 Å². The first-order valence-corrected chi connectivity index (χ1v) is 4.46. The van der Waals surface area contributed by atoms with Crippen LogP contribution in [0.25, 0.3) is 0 Å². The van der Waals surface area contributed by atoms with E-state index in [9.17, 15) is 14.9 Å². The maximum Gasteiger partial charge on any atom is 0.315 e. The summed E-state index contributed by atoms with van der Waals surface area (Å²) >= 11 is 0. The highest BCUT2D eigenvalue weighted by Crippen LogP contribution is 2.18. The molecule has 1 rings (SSSR count). The third kappa shape index (κ3) is 3.10. The molecule has 0 fully saturated rings. The van der Waals surface area contributed by atoms with Gasteiger partial charge in [0.05, 0.1) is 4.92 Å². The summed E-state index contributed by atoms with van der Waals surface area (Å²) in [5, 5.41) is 19.1. The molecule has 0 aliphatic heterocycles. The van der Waals surface area contributed by atoms with Gasteiger partial charge in [-0.3, -0.25) is 14.9 Å². The van der Waals surface area contributed by atoms with Gasteiger partial charge in [-0.1, -0.05) is 17.9 Å². The standard InChI is InChI=1S/C11H9NO4/c1-8-5-6-9(3-2-4-11(13)14)10(7-8)12(15)16/h5-7H,4H2,1H3,(H,13,14). The molecule has 0 bridgehead atoms. The molecule has 1 N–H and O–H groups in total. The molecule has 0 heterocycles. The van der Waals surface area contributed by atoms with Crippen molar-refractivity contribution >= 4 is 11.7 Å². The van der Waals surface area contributed by atoms with Gasteiger partial charge < -0.3 is 5.11 Å². The zero-order valence-electron chi connectivity index (χ0n) is 8.56. The fourth-order valence-corrected chi connectivity index (χ4v) is 1.11. The summed E-state index contributed by atoms with van der Waals surface area (Å²) in [6.45, 7) is 1.74. The number of aliphatic carboxylic acids is 1. The number of hydrogen-bond acceptors (Lipinski definition) is 3. The Morgan fingerprint density at radius 1 is 1.56 bits per heavy atom. The van der Waals surface area contributed by atoms with Crippen LogP contribution in [-0.2, 0) is 4.79 Å². The molecule has 5 nitrogen and oxygen atoms in total. The number of nitrogens with zero attached hydrogens (tertiary/aromatic N) is 1. The van der Waals surface area contributed by atoms with Crippen molar-refractivity contribution in [3.8, 4) is 11.8 Å². The molecule has 1 aromatic carbocycles. The summed E-state index contributed by atoms with van der Waals surface area (Å²) in [5.41, 5.74) is 0.894. The van der Waals surface area contributed by atoms with E-state index in [0.717, 1.165) is 5.56 Å². The van der Waals surface area contributed by atoms with Crippen molar-refractivity contribution in [2.45, 2.75) is 13.3 Å². The van der Waals surface area contributed by atoms with Crippen LogP contribution in [-0.4, -0.2) is 16.0 Å². The average Bonchev–Trinajstić information content (AvgIpc) is 2.19. The third-order valence-electron chi connectivity index (χ3n) is 1.81. The zero-order chi connectivity index (χ0) is 12.1. The lowest BCUT2D eigenvalue weighted by Gasteiger charge is -1.96. The van der Waals surface area contributed by atoms with Crippen molar-refractivity contribution in [3.63, 3.8) is 0 Å². The summed E-state index contributed by atoms with van der Waals surface area (Å²) < 4.78 is 0. The van der Waals surface area contributed by atoms with Gasteiger partial charge in [0, 0.05) is 6.07 Å². The molecule has 0 saturated heterocycles. The first kappa shape index (κ1) is 11.7. The van der Waals surface area contributed by atoms with Gasteiger partial charge in [-0.2, -0.15) is 0 Å². The molecule has 0 aliphatic carbocycles. The van der Waals surface area contributed by atoms with Crippen molar-refractivity contribution < 1.29 is 14.8 Å². The molecule has 0 saturated carbocycles. The minimum Gasteiger partial charge on any atom is -0.481 e. The van der Waals surface area contributed by atoms with Gasteiger partial charge in [0.15, 0.2) is 0 Å². The summed E-state index contributed by atoms with van der Waals surface area (Å²) in [6, 6.07) is 4.62. The minimum absolute atomic E-state index is 0.0992. The van der Waals surface area contributed by atoms with Crippen LogP contribution in [0.1, 0.15) is 17.5 Å². The van der Waals surface area contributed by atoms with Crippen LogP contribution in [0.3, 0.4) is 0 Å². The Bertz CT molecular complexity index is 496. The van der Waals surface area contributed by atoms with E-state index in [1.165, 1.54) is 12.1 Å². The number of nitro groups is 1. The number of aryl methyl sites for hydroxylation is 1.